The molecule has 1 N–H and O–H groups in total. The van der Waals surface area contributed by atoms with E-state index in [1.807, 2.05) is 0 Å². The van der Waals surface area contributed by atoms with Crippen molar-refractivity contribution in [3.8, 4) is 0 Å². The van der Waals surface area contributed by atoms with Crippen LogP contribution in [0, 0.1) is 5.92 Å². The minimum Gasteiger partial charge on any atom is -0.378 e. The maximum Gasteiger partial charge on any atom is 0.0588 e. The Hall–Kier alpha value is -1.06. The molecule has 1 aromatic carbocycles. The molecule has 3 heteroatoms. The van der Waals surface area contributed by atoms with Gasteiger partial charge in [0.1, 0.15) is 0 Å². The first-order valence-electron chi connectivity index (χ1n) is 7.20. The summed E-state index contributed by atoms with van der Waals surface area (Å²) in [5.41, 5.74) is 2.59. The lowest BCUT2D eigenvalue weighted by molar-refractivity contribution is 0.105. The van der Waals surface area contributed by atoms with Gasteiger partial charge in [-0.2, -0.15) is 0 Å². The lowest BCUT2D eigenvalue weighted by atomic mass is 10.0. The maximum atomic E-state index is 5.60. The number of anilines is 1. The van der Waals surface area contributed by atoms with E-state index >= 15 is 0 Å². The maximum absolute atomic E-state index is 5.60. The summed E-state index contributed by atoms with van der Waals surface area (Å²) in [7, 11) is 4.14. The van der Waals surface area contributed by atoms with Crippen LogP contribution in [0.15, 0.2) is 24.3 Å². The molecule has 0 amide bonds. The van der Waals surface area contributed by atoms with Crippen molar-refractivity contribution in [1.82, 2.24) is 5.32 Å². The second-order valence-corrected chi connectivity index (χ2v) is 5.74. The van der Waals surface area contributed by atoms with Gasteiger partial charge in [-0.15, -0.1) is 0 Å². The SMILES string of the molecule is CC(NCC1CCOC1C)c1ccc(N(C)C)cc1. The fraction of sp³-hybridized carbons (Fsp3) is 0.625. The Balaban J connectivity index is 1.87. The van der Waals surface area contributed by atoms with Gasteiger partial charge in [0.15, 0.2) is 0 Å². The number of rotatable bonds is 5. The molecule has 0 aliphatic carbocycles. The molecule has 1 saturated heterocycles. The highest BCUT2D eigenvalue weighted by atomic mass is 16.5. The fourth-order valence-electron chi connectivity index (χ4n) is 2.55. The Morgan fingerprint density at radius 1 is 1.32 bits per heavy atom. The second kappa shape index (κ2) is 6.40. The summed E-state index contributed by atoms with van der Waals surface area (Å²) < 4.78 is 5.60. The Morgan fingerprint density at radius 3 is 2.53 bits per heavy atom. The molecular formula is C16H26N2O. The van der Waals surface area contributed by atoms with Crippen LogP contribution in [-0.2, 0) is 4.74 Å². The van der Waals surface area contributed by atoms with E-state index in [0.29, 0.717) is 18.1 Å². The lowest BCUT2D eigenvalue weighted by Gasteiger charge is -2.20. The third-order valence-corrected chi connectivity index (χ3v) is 4.13. The highest BCUT2D eigenvalue weighted by molar-refractivity contribution is 5.46. The highest BCUT2D eigenvalue weighted by Gasteiger charge is 2.24. The number of hydrogen-bond acceptors (Lipinski definition) is 3. The quantitative estimate of drug-likeness (QED) is 0.883. The molecule has 0 bridgehead atoms. The van der Waals surface area contributed by atoms with Gasteiger partial charge in [-0.05, 0) is 43.9 Å². The molecule has 2 rings (SSSR count). The van der Waals surface area contributed by atoms with Gasteiger partial charge in [-0.3, -0.25) is 0 Å². The van der Waals surface area contributed by atoms with Crippen molar-refractivity contribution in [1.29, 1.82) is 0 Å². The third kappa shape index (κ3) is 3.71. The van der Waals surface area contributed by atoms with Gasteiger partial charge < -0.3 is 15.0 Å². The molecule has 1 aromatic rings. The van der Waals surface area contributed by atoms with Gasteiger partial charge in [-0.1, -0.05) is 12.1 Å². The topological polar surface area (TPSA) is 24.5 Å². The molecular weight excluding hydrogens is 236 g/mol. The predicted molar refractivity (Wildman–Crippen MR) is 80.7 cm³/mol. The van der Waals surface area contributed by atoms with Crippen LogP contribution in [0.1, 0.15) is 31.9 Å². The van der Waals surface area contributed by atoms with Crippen LogP contribution < -0.4 is 10.2 Å². The summed E-state index contributed by atoms with van der Waals surface area (Å²) in [6.07, 6.45) is 1.58. The number of hydrogen-bond donors (Lipinski definition) is 1. The summed E-state index contributed by atoms with van der Waals surface area (Å²) in [5, 5.41) is 3.63. The molecule has 3 nitrogen and oxygen atoms in total. The molecule has 1 heterocycles. The van der Waals surface area contributed by atoms with E-state index in [4.69, 9.17) is 4.74 Å². The monoisotopic (exact) mass is 262 g/mol. The zero-order valence-corrected chi connectivity index (χ0v) is 12.5. The van der Waals surface area contributed by atoms with Crippen molar-refractivity contribution >= 4 is 5.69 Å². The van der Waals surface area contributed by atoms with Crippen LogP contribution >= 0.6 is 0 Å². The fourth-order valence-corrected chi connectivity index (χ4v) is 2.55. The normalized spacial score (nSPS) is 24.4. The van der Waals surface area contributed by atoms with Gasteiger partial charge in [0.25, 0.3) is 0 Å². The van der Waals surface area contributed by atoms with E-state index in [9.17, 15) is 0 Å². The number of ether oxygens (including phenoxy) is 1. The van der Waals surface area contributed by atoms with Crippen LogP contribution in [0.4, 0.5) is 5.69 Å². The molecule has 3 unspecified atom stereocenters. The minimum atomic E-state index is 0.393. The van der Waals surface area contributed by atoms with E-state index in [1.165, 1.54) is 17.7 Å². The number of nitrogens with zero attached hydrogens (tertiary/aromatic N) is 1. The van der Waals surface area contributed by atoms with Gasteiger partial charge >= 0.3 is 0 Å². The average Bonchev–Trinajstić information content (AvgIpc) is 2.81. The number of benzene rings is 1. The molecule has 19 heavy (non-hydrogen) atoms. The van der Waals surface area contributed by atoms with E-state index in [-0.39, 0.29) is 0 Å². The first-order valence-corrected chi connectivity index (χ1v) is 7.20. The summed E-state index contributed by atoms with van der Waals surface area (Å²) in [6.45, 7) is 6.36. The zero-order chi connectivity index (χ0) is 13.8. The van der Waals surface area contributed by atoms with Crippen LogP contribution in [0.5, 0.6) is 0 Å². The van der Waals surface area contributed by atoms with Gasteiger partial charge in [0, 0.05) is 39.0 Å². The average molecular weight is 262 g/mol. The Kier molecular flexibility index (Phi) is 4.83. The van der Waals surface area contributed by atoms with Crippen molar-refractivity contribution in [3.63, 3.8) is 0 Å². The lowest BCUT2D eigenvalue weighted by Crippen LogP contribution is -2.29. The molecule has 106 valence electrons. The molecule has 1 aliphatic rings. The standard InChI is InChI=1S/C16H26N2O/c1-12(17-11-15-9-10-19-13(15)2)14-5-7-16(8-6-14)18(3)4/h5-8,12-13,15,17H,9-11H2,1-4H3. The molecule has 0 saturated carbocycles. The van der Waals surface area contributed by atoms with Crippen molar-refractivity contribution in [2.24, 2.45) is 5.92 Å². The van der Waals surface area contributed by atoms with Crippen LogP contribution in [0.25, 0.3) is 0 Å². The van der Waals surface area contributed by atoms with Crippen LogP contribution in [-0.4, -0.2) is 33.4 Å². The second-order valence-electron chi connectivity index (χ2n) is 5.74. The van der Waals surface area contributed by atoms with Gasteiger partial charge in [0.2, 0.25) is 0 Å². The highest BCUT2D eigenvalue weighted by Crippen LogP contribution is 2.22. The third-order valence-electron chi connectivity index (χ3n) is 4.13. The minimum absolute atomic E-state index is 0.393. The first-order chi connectivity index (χ1) is 9.08. The van der Waals surface area contributed by atoms with Crippen molar-refractivity contribution in [3.05, 3.63) is 29.8 Å². The molecule has 3 atom stereocenters. The molecule has 0 spiro atoms. The summed E-state index contributed by atoms with van der Waals surface area (Å²) in [4.78, 5) is 2.12. The molecule has 0 aromatic heterocycles. The number of nitrogens with one attached hydrogen (secondary N) is 1. The predicted octanol–water partition coefficient (Wildman–Crippen LogP) is 2.83. The summed E-state index contributed by atoms with van der Waals surface area (Å²) in [6, 6.07) is 9.16. The van der Waals surface area contributed by atoms with Crippen molar-refractivity contribution in [2.75, 3.05) is 32.1 Å². The van der Waals surface area contributed by atoms with E-state index in [0.717, 1.165) is 13.2 Å². The first kappa shape index (κ1) is 14.4. The Morgan fingerprint density at radius 2 is 2.00 bits per heavy atom. The van der Waals surface area contributed by atoms with Gasteiger partial charge in [0.05, 0.1) is 6.10 Å². The van der Waals surface area contributed by atoms with Gasteiger partial charge in [-0.25, -0.2) is 0 Å². The smallest absolute Gasteiger partial charge is 0.0588 e. The van der Waals surface area contributed by atoms with Crippen LogP contribution in [0.3, 0.4) is 0 Å². The van der Waals surface area contributed by atoms with Crippen molar-refractivity contribution < 1.29 is 4.74 Å². The van der Waals surface area contributed by atoms with E-state index in [2.05, 4.69) is 62.4 Å². The summed E-state index contributed by atoms with van der Waals surface area (Å²) >= 11 is 0. The van der Waals surface area contributed by atoms with E-state index < -0.39 is 0 Å². The largest absolute Gasteiger partial charge is 0.378 e. The Bertz CT molecular complexity index is 388. The molecule has 1 fully saturated rings. The summed E-state index contributed by atoms with van der Waals surface area (Å²) in [5.74, 6) is 0.656. The molecule has 1 aliphatic heterocycles. The van der Waals surface area contributed by atoms with Crippen LogP contribution in [0.2, 0.25) is 0 Å². The Labute approximate surface area is 116 Å². The molecule has 0 radical (unpaired) electrons. The van der Waals surface area contributed by atoms with E-state index in [1.54, 1.807) is 0 Å². The zero-order valence-electron chi connectivity index (χ0n) is 12.5. The van der Waals surface area contributed by atoms with Crippen molar-refractivity contribution in [2.45, 2.75) is 32.4 Å².